The van der Waals surface area contributed by atoms with Crippen LogP contribution in [0.15, 0.2) is 12.2 Å². The van der Waals surface area contributed by atoms with E-state index >= 15 is 0 Å². The molecule has 18 nitrogen and oxygen atoms in total. The summed E-state index contributed by atoms with van der Waals surface area (Å²) < 4.78 is 0. The predicted molar refractivity (Wildman–Crippen MR) is 148 cm³/mol. The molecule has 1 aliphatic rings. The van der Waals surface area contributed by atoms with Crippen LogP contribution in [0.3, 0.4) is 0 Å². The minimum atomic E-state index is -1.29. The van der Waals surface area contributed by atoms with E-state index in [4.69, 9.17) is 20.4 Å². The van der Waals surface area contributed by atoms with Gasteiger partial charge in [0.2, 0.25) is 5.91 Å². The van der Waals surface area contributed by atoms with Crippen molar-refractivity contribution in [2.45, 2.75) is 38.1 Å². The lowest BCUT2D eigenvalue weighted by Gasteiger charge is -2.32. The number of nitrogens with one attached hydrogen (secondary N) is 1. The van der Waals surface area contributed by atoms with Crippen molar-refractivity contribution in [3.63, 3.8) is 0 Å². The van der Waals surface area contributed by atoms with E-state index in [9.17, 15) is 43.5 Å². The molecule has 0 spiro atoms. The van der Waals surface area contributed by atoms with E-state index in [1.807, 2.05) is 0 Å². The van der Waals surface area contributed by atoms with Crippen molar-refractivity contribution in [1.29, 1.82) is 0 Å². The van der Waals surface area contributed by atoms with E-state index < -0.39 is 73.9 Å². The Hall–Kier alpha value is -4.42. The Labute approximate surface area is 252 Å². The van der Waals surface area contributed by atoms with Crippen LogP contribution in [0.5, 0.6) is 0 Å². The van der Waals surface area contributed by atoms with E-state index in [0.717, 1.165) is 26.9 Å². The zero-order valence-electron chi connectivity index (χ0n) is 24.1. The molecule has 246 valence electrons. The highest BCUT2D eigenvalue weighted by Gasteiger charge is 2.27. The summed E-state index contributed by atoms with van der Waals surface area (Å²) in [5.74, 6) is -7.62. The molecule has 1 aliphatic heterocycles. The molecule has 0 fully saturated rings. The summed E-state index contributed by atoms with van der Waals surface area (Å²) in [5, 5.41) is 49.1. The topological polar surface area (TPSA) is 263 Å². The monoisotopic (exact) mass is 629 g/mol. The van der Waals surface area contributed by atoms with Crippen LogP contribution in [0.25, 0.3) is 0 Å². The van der Waals surface area contributed by atoms with E-state index in [0.29, 0.717) is 12.8 Å². The van der Waals surface area contributed by atoms with Crippen molar-refractivity contribution in [3.05, 3.63) is 12.2 Å². The number of carbonyl (C=O) groups is 8. The number of nitrogens with zero attached hydrogens (tertiary/aromatic N) is 4. The highest BCUT2D eigenvalue weighted by Crippen LogP contribution is 2.11. The summed E-state index contributed by atoms with van der Waals surface area (Å²) in [5.41, 5.74) is 0. The van der Waals surface area contributed by atoms with Gasteiger partial charge in [0, 0.05) is 57.8 Å². The second-order valence-electron chi connectivity index (χ2n) is 10.00. The Balaban J connectivity index is 2.76. The highest BCUT2D eigenvalue weighted by atomic mass is 16.4. The standard InChI is InChI=1S/C26H39N5O13/c32-19(5-3-9-31-20(33)6-7-21(31)34)27-8-2-1-4-18(26(43)44)30(12-10-28(14-22(35)36)15-23(37)38)13-11-29(16-24(39)40)17-25(41)42/h6-7,18H,1-5,8-17H2,(H,27,32)(H,35,36)(H,37,38)(H,39,40)(H,41,42)(H,43,44). The summed E-state index contributed by atoms with van der Waals surface area (Å²) in [7, 11) is 0. The van der Waals surface area contributed by atoms with Gasteiger partial charge >= 0.3 is 29.8 Å². The van der Waals surface area contributed by atoms with E-state index in [1.54, 1.807) is 0 Å². The number of hydrogen-bond acceptors (Lipinski definition) is 11. The number of rotatable bonds is 25. The van der Waals surface area contributed by atoms with Crippen molar-refractivity contribution < 1.29 is 63.9 Å². The smallest absolute Gasteiger partial charge is 0.320 e. The van der Waals surface area contributed by atoms with Crippen molar-refractivity contribution in [1.82, 2.24) is 24.9 Å². The van der Waals surface area contributed by atoms with Gasteiger partial charge < -0.3 is 30.8 Å². The summed E-state index contributed by atoms with van der Waals surface area (Å²) in [6, 6.07) is -1.16. The predicted octanol–water partition coefficient (Wildman–Crippen LogP) is -2.32. The maximum absolute atomic E-state index is 12.2. The Bertz CT molecular complexity index is 1010. The van der Waals surface area contributed by atoms with Crippen LogP contribution >= 0.6 is 0 Å². The summed E-state index contributed by atoms with van der Waals surface area (Å²) in [4.78, 5) is 96.7. The number of amides is 3. The maximum Gasteiger partial charge on any atom is 0.320 e. The molecular weight excluding hydrogens is 590 g/mol. The van der Waals surface area contributed by atoms with Crippen LogP contribution in [-0.4, -0.2) is 164 Å². The summed E-state index contributed by atoms with van der Waals surface area (Å²) in [6.45, 7) is -2.70. The fraction of sp³-hybridized carbons (Fsp3) is 0.615. The molecule has 0 aromatic rings. The van der Waals surface area contributed by atoms with Crippen molar-refractivity contribution in [2.75, 3.05) is 65.4 Å². The maximum atomic E-state index is 12.2. The van der Waals surface area contributed by atoms with Gasteiger partial charge in [-0.25, -0.2) is 0 Å². The van der Waals surface area contributed by atoms with Gasteiger partial charge in [-0.15, -0.1) is 0 Å². The second-order valence-corrected chi connectivity index (χ2v) is 10.00. The van der Waals surface area contributed by atoms with Gasteiger partial charge in [0.15, 0.2) is 0 Å². The number of unbranched alkanes of at least 4 members (excludes halogenated alkanes) is 1. The fourth-order valence-corrected chi connectivity index (χ4v) is 4.45. The third-order valence-electron chi connectivity index (χ3n) is 6.48. The molecule has 6 N–H and O–H groups in total. The minimum absolute atomic E-state index is 0.0626. The lowest BCUT2D eigenvalue weighted by Crippen LogP contribution is -2.50. The number of aliphatic carboxylic acids is 5. The van der Waals surface area contributed by atoms with Crippen molar-refractivity contribution >= 4 is 47.6 Å². The van der Waals surface area contributed by atoms with Crippen LogP contribution < -0.4 is 5.32 Å². The molecule has 0 aromatic carbocycles. The molecule has 0 aromatic heterocycles. The van der Waals surface area contributed by atoms with E-state index in [2.05, 4.69) is 5.32 Å². The Morgan fingerprint density at radius 2 is 1.14 bits per heavy atom. The average Bonchev–Trinajstić information content (AvgIpc) is 3.21. The molecule has 44 heavy (non-hydrogen) atoms. The average molecular weight is 630 g/mol. The molecule has 0 saturated carbocycles. The third kappa shape index (κ3) is 15.7. The third-order valence-corrected chi connectivity index (χ3v) is 6.48. The van der Waals surface area contributed by atoms with E-state index in [-0.39, 0.29) is 64.4 Å². The van der Waals surface area contributed by atoms with Gasteiger partial charge in [0.25, 0.3) is 11.8 Å². The molecular formula is C26H39N5O13. The van der Waals surface area contributed by atoms with E-state index in [1.165, 1.54) is 4.90 Å². The van der Waals surface area contributed by atoms with Gasteiger partial charge in [-0.3, -0.25) is 58.0 Å². The number of carboxylic acids is 5. The molecule has 3 amide bonds. The zero-order chi connectivity index (χ0) is 33.2. The first-order valence-electron chi connectivity index (χ1n) is 13.8. The Kier molecular flexibility index (Phi) is 16.8. The van der Waals surface area contributed by atoms with Crippen LogP contribution in [0.2, 0.25) is 0 Å². The zero-order valence-corrected chi connectivity index (χ0v) is 24.1. The molecule has 0 aliphatic carbocycles. The van der Waals surface area contributed by atoms with Gasteiger partial charge in [-0.2, -0.15) is 0 Å². The largest absolute Gasteiger partial charge is 0.480 e. The van der Waals surface area contributed by atoms with Crippen LogP contribution in [0.4, 0.5) is 0 Å². The highest BCUT2D eigenvalue weighted by molar-refractivity contribution is 6.12. The SMILES string of the molecule is O=C(O)CN(CCN(CCN(CC(=O)O)CC(=O)O)C(CCCCNC(=O)CCCN1C(=O)C=CC1=O)C(=O)O)CC(=O)O. The minimum Gasteiger partial charge on any atom is -0.480 e. The van der Waals surface area contributed by atoms with Gasteiger partial charge in [-0.05, 0) is 25.7 Å². The normalized spacial score (nSPS) is 13.6. The first-order chi connectivity index (χ1) is 20.7. The number of hydrogen-bond donors (Lipinski definition) is 6. The molecule has 1 rings (SSSR count). The molecule has 1 atom stereocenters. The molecule has 0 saturated heterocycles. The molecule has 0 radical (unpaired) electrons. The van der Waals surface area contributed by atoms with Crippen molar-refractivity contribution in [3.8, 4) is 0 Å². The fourth-order valence-electron chi connectivity index (χ4n) is 4.45. The lowest BCUT2D eigenvalue weighted by molar-refractivity contribution is -0.146. The van der Waals surface area contributed by atoms with Gasteiger partial charge in [0.05, 0.1) is 26.2 Å². The van der Waals surface area contributed by atoms with Crippen LogP contribution in [-0.2, 0) is 38.4 Å². The van der Waals surface area contributed by atoms with Gasteiger partial charge in [-0.1, -0.05) is 0 Å². The molecule has 1 heterocycles. The van der Waals surface area contributed by atoms with Crippen molar-refractivity contribution in [2.24, 2.45) is 0 Å². The molecule has 0 bridgehead atoms. The van der Waals surface area contributed by atoms with Crippen LogP contribution in [0.1, 0.15) is 32.1 Å². The molecule has 18 heteroatoms. The molecule has 1 unspecified atom stereocenters. The summed E-state index contributed by atoms with van der Waals surface area (Å²) in [6.07, 6.45) is 3.39. The Morgan fingerprint density at radius 1 is 0.682 bits per heavy atom. The summed E-state index contributed by atoms with van der Waals surface area (Å²) >= 11 is 0. The first-order valence-corrected chi connectivity index (χ1v) is 13.8. The number of carboxylic acid groups (broad SMARTS) is 5. The van der Waals surface area contributed by atoms with Gasteiger partial charge in [0.1, 0.15) is 6.04 Å². The lowest BCUT2D eigenvalue weighted by atomic mass is 10.1. The number of imide groups is 1. The first kappa shape index (κ1) is 37.6. The quantitative estimate of drug-likeness (QED) is 0.0457. The number of carbonyl (C=O) groups excluding carboxylic acids is 3. The Morgan fingerprint density at radius 3 is 1.55 bits per heavy atom. The van der Waals surface area contributed by atoms with Crippen LogP contribution in [0, 0.1) is 0 Å². The second kappa shape index (κ2) is 19.7.